The number of halogens is 1. The zero-order chi connectivity index (χ0) is 28.9. The van der Waals surface area contributed by atoms with Gasteiger partial charge in [0.25, 0.3) is 0 Å². The van der Waals surface area contributed by atoms with Crippen LogP contribution in [0.5, 0.6) is 0 Å². The van der Waals surface area contributed by atoms with Crippen LogP contribution in [0.25, 0.3) is 55.0 Å². The number of para-hydroxylation sites is 2. The van der Waals surface area contributed by atoms with Gasteiger partial charge in [-0.05, 0) is 59.1 Å². The van der Waals surface area contributed by atoms with Gasteiger partial charge in [-0.3, -0.25) is 0 Å². The van der Waals surface area contributed by atoms with Crippen LogP contribution in [0.15, 0.2) is 159 Å². The zero-order valence-electron chi connectivity index (χ0n) is 22.5. The summed E-state index contributed by atoms with van der Waals surface area (Å²) < 4.78 is 12.7. The van der Waals surface area contributed by atoms with Crippen molar-refractivity contribution in [1.82, 2.24) is 0 Å². The molecule has 0 saturated heterocycles. The van der Waals surface area contributed by atoms with Crippen molar-refractivity contribution in [2.24, 2.45) is 0 Å². The molecule has 42 heavy (non-hydrogen) atoms. The van der Waals surface area contributed by atoms with Crippen LogP contribution in [0.3, 0.4) is 0 Å². The first-order valence-corrected chi connectivity index (χ1v) is 14.3. The normalized spacial score (nSPS) is 10.7. The number of hydrogen-bond acceptors (Lipinski definition) is 4. The molecule has 2 heterocycles. The van der Waals surface area contributed by atoms with Crippen LogP contribution in [-0.2, 0) is 0 Å². The SMILES string of the molecule is Brc1ccc2c(c1)oc1ccccc12.OB(O)c1ccccc1.c1ccc(-c2ccc3c(c2)oc2ccccc23)cc1. The summed E-state index contributed by atoms with van der Waals surface area (Å²) in [5.74, 6) is 0. The third-order valence-corrected chi connectivity index (χ3v) is 7.42. The molecule has 0 fully saturated rings. The Kier molecular flexibility index (Phi) is 8.20. The maximum absolute atomic E-state index is 8.58. The standard InChI is InChI=1S/C18H12O.C12H7BrO.C6H7BO2/c1-2-6-13(7-3-1)14-10-11-16-15-8-4-5-9-17(15)19-18(16)12-14;13-8-5-6-10-9-3-1-2-4-11(9)14-12(10)7-8;8-7(9)6-4-2-1-3-5-6/h1-12H;1-7H;1-5,8-9H. The van der Waals surface area contributed by atoms with Gasteiger partial charge in [-0.15, -0.1) is 0 Å². The summed E-state index contributed by atoms with van der Waals surface area (Å²) in [5.41, 5.74) is 6.70. The Morgan fingerprint density at radius 3 is 1.48 bits per heavy atom. The van der Waals surface area contributed by atoms with E-state index in [2.05, 4.69) is 76.6 Å². The molecule has 0 radical (unpaired) electrons. The molecule has 0 saturated carbocycles. The van der Waals surface area contributed by atoms with Crippen molar-refractivity contribution in [2.75, 3.05) is 0 Å². The monoisotopic (exact) mass is 612 g/mol. The molecular formula is C36H26BBrO4. The lowest BCUT2D eigenvalue weighted by atomic mass is 9.81. The largest absolute Gasteiger partial charge is 0.488 e. The third kappa shape index (κ3) is 6.02. The van der Waals surface area contributed by atoms with E-state index in [-0.39, 0.29) is 0 Å². The minimum Gasteiger partial charge on any atom is -0.456 e. The fraction of sp³-hybridized carbons (Fsp3) is 0. The van der Waals surface area contributed by atoms with Gasteiger partial charge >= 0.3 is 7.12 Å². The first-order chi connectivity index (χ1) is 20.6. The molecule has 6 aromatic carbocycles. The van der Waals surface area contributed by atoms with E-state index in [0.717, 1.165) is 26.8 Å². The fourth-order valence-electron chi connectivity index (χ4n) is 4.86. The van der Waals surface area contributed by atoms with E-state index in [1.165, 1.54) is 32.7 Å². The molecule has 0 spiro atoms. The summed E-state index contributed by atoms with van der Waals surface area (Å²) >= 11 is 3.43. The van der Waals surface area contributed by atoms with Crippen LogP contribution in [0, 0.1) is 0 Å². The molecule has 0 aliphatic carbocycles. The van der Waals surface area contributed by atoms with E-state index in [1.54, 1.807) is 24.3 Å². The number of hydrogen-bond donors (Lipinski definition) is 2. The first kappa shape index (κ1) is 27.5. The number of fused-ring (bicyclic) bond motifs is 6. The first-order valence-electron chi connectivity index (χ1n) is 13.5. The van der Waals surface area contributed by atoms with E-state index in [4.69, 9.17) is 18.9 Å². The van der Waals surface area contributed by atoms with Gasteiger partial charge in [0.1, 0.15) is 22.3 Å². The second-order valence-electron chi connectivity index (χ2n) is 9.70. The number of benzene rings is 6. The highest BCUT2D eigenvalue weighted by molar-refractivity contribution is 9.10. The van der Waals surface area contributed by atoms with Crippen LogP contribution in [0.1, 0.15) is 0 Å². The van der Waals surface area contributed by atoms with Crippen molar-refractivity contribution in [3.63, 3.8) is 0 Å². The van der Waals surface area contributed by atoms with E-state index >= 15 is 0 Å². The fourth-order valence-corrected chi connectivity index (χ4v) is 5.20. The lowest BCUT2D eigenvalue weighted by Crippen LogP contribution is -2.29. The second kappa shape index (κ2) is 12.5. The molecule has 204 valence electrons. The average molecular weight is 613 g/mol. The molecule has 8 rings (SSSR count). The zero-order valence-corrected chi connectivity index (χ0v) is 24.1. The quantitative estimate of drug-likeness (QED) is 0.191. The summed E-state index contributed by atoms with van der Waals surface area (Å²) in [6.45, 7) is 0. The molecular weight excluding hydrogens is 587 g/mol. The Morgan fingerprint density at radius 2 is 0.905 bits per heavy atom. The highest BCUT2D eigenvalue weighted by atomic mass is 79.9. The van der Waals surface area contributed by atoms with Gasteiger partial charge in [0.2, 0.25) is 0 Å². The highest BCUT2D eigenvalue weighted by Crippen LogP contribution is 2.32. The molecule has 0 aliphatic heterocycles. The maximum atomic E-state index is 8.58. The van der Waals surface area contributed by atoms with Gasteiger partial charge in [0.05, 0.1) is 0 Å². The van der Waals surface area contributed by atoms with Crippen molar-refractivity contribution < 1.29 is 18.9 Å². The van der Waals surface area contributed by atoms with Crippen molar-refractivity contribution >= 4 is 72.4 Å². The second-order valence-corrected chi connectivity index (χ2v) is 10.6. The Labute approximate surface area is 251 Å². The van der Waals surface area contributed by atoms with Crippen LogP contribution in [0.2, 0.25) is 0 Å². The highest BCUT2D eigenvalue weighted by Gasteiger charge is 2.08. The molecule has 0 bridgehead atoms. The van der Waals surface area contributed by atoms with Gasteiger partial charge < -0.3 is 18.9 Å². The van der Waals surface area contributed by atoms with Gasteiger partial charge in [-0.1, -0.05) is 119 Å². The third-order valence-electron chi connectivity index (χ3n) is 6.92. The van der Waals surface area contributed by atoms with Gasteiger partial charge in [-0.25, -0.2) is 0 Å². The van der Waals surface area contributed by atoms with Crippen molar-refractivity contribution in [3.8, 4) is 11.1 Å². The van der Waals surface area contributed by atoms with Crippen molar-refractivity contribution in [3.05, 3.63) is 150 Å². The van der Waals surface area contributed by atoms with Crippen LogP contribution >= 0.6 is 15.9 Å². The van der Waals surface area contributed by atoms with Gasteiger partial charge in [0, 0.05) is 26.0 Å². The van der Waals surface area contributed by atoms with E-state index in [0.29, 0.717) is 5.46 Å². The Morgan fingerprint density at radius 1 is 0.429 bits per heavy atom. The van der Waals surface area contributed by atoms with E-state index in [1.807, 2.05) is 60.7 Å². The minimum atomic E-state index is -1.34. The van der Waals surface area contributed by atoms with Crippen LogP contribution < -0.4 is 5.46 Å². The molecule has 8 aromatic rings. The molecule has 0 unspecified atom stereocenters. The van der Waals surface area contributed by atoms with Gasteiger partial charge in [0.15, 0.2) is 0 Å². The van der Waals surface area contributed by atoms with E-state index < -0.39 is 7.12 Å². The summed E-state index contributed by atoms with van der Waals surface area (Å²) in [7, 11) is -1.34. The molecule has 4 nitrogen and oxygen atoms in total. The predicted octanol–water partition coefficient (Wildman–Crippen LogP) is 8.97. The molecule has 0 atom stereocenters. The lowest BCUT2D eigenvalue weighted by molar-refractivity contribution is 0.426. The van der Waals surface area contributed by atoms with Crippen molar-refractivity contribution in [2.45, 2.75) is 0 Å². The summed E-state index contributed by atoms with van der Waals surface area (Å²) in [4.78, 5) is 0. The van der Waals surface area contributed by atoms with Crippen LogP contribution in [-0.4, -0.2) is 17.2 Å². The summed E-state index contributed by atoms with van der Waals surface area (Å²) in [5, 5.41) is 21.9. The molecule has 0 amide bonds. The molecule has 0 aliphatic rings. The topological polar surface area (TPSA) is 66.7 Å². The average Bonchev–Trinajstić information content (AvgIpc) is 3.60. The molecule has 2 aromatic heterocycles. The molecule has 2 N–H and O–H groups in total. The lowest BCUT2D eigenvalue weighted by Gasteiger charge is -2.00. The smallest absolute Gasteiger partial charge is 0.456 e. The van der Waals surface area contributed by atoms with Crippen molar-refractivity contribution in [1.29, 1.82) is 0 Å². The number of furan rings is 2. The summed E-state index contributed by atoms with van der Waals surface area (Å²) in [6.07, 6.45) is 0. The molecule has 6 heteroatoms. The number of rotatable bonds is 2. The van der Waals surface area contributed by atoms with Crippen LogP contribution in [0.4, 0.5) is 0 Å². The minimum absolute atomic E-state index is 0.525. The Hall–Kier alpha value is -4.62. The predicted molar refractivity (Wildman–Crippen MR) is 177 cm³/mol. The van der Waals surface area contributed by atoms with E-state index in [9.17, 15) is 0 Å². The Balaban J connectivity index is 0.000000121. The summed E-state index contributed by atoms with van der Waals surface area (Å²) in [6, 6.07) is 47.8. The van der Waals surface area contributed by atoms with Gasteiger partial charge in [-0.2, -0.15) is 0 Å². The maximum Gasteiger partial charge on any atom is 0.488 e. The Bertz CT molecular complexity index is 2080.